The smallest absolute Gasteiger partial charge is 0.142 e. The molecule has 0 unspecified atom stereocenters. The fraction of sp³-hybridized carbons (Fsp3) is 0.350. The molecule has 6 nitrogen and oxygen atoms in total. The number of piperazine rings is 1. The summed E-state index contributed by atoms with van der Waals surface area (Å²) in [5.41, 5.74) is 3.10. The molecule has 3 aromatic rings. The normalized spacial score (nSPS) is 19.0. The monoisotopic (exact) mass is 344 g/mol. The van der Waals surface area contributed by atoms with Gasteiger partial charge in [0.1, 0.15) is 17.8 Å². The molecule has 6 heteroatoms. The Balaban J connectivity index is 1.38. The molecule has 5 rings (SSSR count). The van der Waals surface area contributed by atoms with Crippen LogP contribution in [0, 0.1) is 11.3 Å². The van der Waals surface area contributed by atoms with E-state index in [1.54, 1.807) is 6.33 Å². The van der Waals surface area contributed by atoms with Gasteiger partial charge < -0.3 is 9.88 Å². The van der Waals surface area contributed by atoms with Gasteiger partial charge in [-0.15, -0.1) is 0 Å². The van der Waals surface area contributed by atoms with Crippen LogP contribution in [-0.4, -0.2) is 45.0 Å². The highest BCUT2D eigenvalue weighted by Crippen LogP contribution is 2.46. The molecule has 2 aliphatic rings. The quantitative estimate of drug-likeness (QED) is 0.791. The van der Waals surface area contributed by atoms with Crippen molar-refractivity contribution in [1.82, 2.24) is 19.9 Å². The molecule has 1 saturated heterocycles. The van der Waals surface area contributed by atoms with Crippen molar-refractivity contribution < 1.29 is 0 Å². The second-order valence-electron chi connectivity index (χ2n) is 7.32. The van der Waals surface area contributed by atoms with E-state index in [4.69, 9.17) is 5.26 Å². The van der Waals surface area contributed by atoms with Gasteiger partial charge in [-0.25, -0.2) is 9.97 Å². The van der Waals surface area contributed by atoms with E-state index in [0.717, 1.165) is 48.6 Å². The van der Waals surface area contributed by atoms with Crippen LogP contribution in [0.5, 0.6) is 0 Å². The largest absolute Gasteiger partial charge is 0.353 e. The molecule has 1 aliphatic carbocycles. The number of hydrogen-bond acceptors (Lipinski definition) is 5. The van der Waals surface area contributed by atoms with Gasteiger partial charge >= 0.3 is 0 Å². The number of hydrogen-bond donors (Lipinski definition) is 1. The topological polar surface area (TPSA) is 71.8 Å². The Labute approximate surface area is 152 Å². The highest BCUT2D eigenvalue weighted by Gasteiger charge is 2.51. The lowest BCUT2D eigenvalue weighted by atomic mass is 10.1. The molecule has 1 aromatic carbocycles. The molecule has 130 valence electrons. The summed E-state index contributed by atoms with van der Waals surface area (Å²) in [6.07, 6.45) is 6.02. The molecule has 0 amide bonds. The number of rotatable bonds is 3. The highest BCUT2D eigenvalue weighted by molar-refractivity contribution is 5.87. The third-order valence-corrected chi connectivity index (χ3v) is 5.68. The summed E-state index contributed by atoms with van der Waals surface area (Å²) in [6, 6.07) is 12.3. The van der Waals surface area contributed by atoms with Gasteiger partial charge in [-0.2, -0.15) is 5.26 Å². The number of nitriles is 1. The fourth-order valence-electron chi connectivity index (χ4n) is 4.13. The van der Waals surface area contributed by atoms with Crippen molar-refractivity contribution in [2.75, 3.05) is 24.5 Å². The minimum Gasteiger partial charge on any atom is -0.353 e. The average Bonchev–Trinajstić information content (AvgIpc) is 3.26. The first-order chi connectivity index (χ1) is 12.8. The summed E-state index contributed by atoms with van der Waals surface area (Å²) in [7, 11) is 0. The Hall–Kier alpha value is -2.91. The Bertz CT molecular complexity index is 997. The van der Waals surface area contributed by atoms with Crippen LogP contribution in [0.1, 0.15) is 24.0 Å². The second-order valence-corrected chi connectivity index (χ2v) is 7.32. The van der Waals surface area contributed by atoms with Crippen LogP contribution in [0.25, 0.3) is 11.0 Å². The van der Waals surface area contributed by atoms with Crippen molar-refractivity contribution in [3.63, 3.8) is 0 Å². The van der Waals surface area contributed by atoms with Crippen LogP contribution in [0.2, 0.25) is 0 Å². The van der Waals surface area contributed by atoms with E-state index >= 15 is 0 Å². The third-order valence-electron chi connectivity index (χ3n) is 5.68. The van der Waals surface area contributed by atoms with E-state index in [2.05, 4.69) is 43.0 Å². The van der Waals surface area contributed by atoms with E-state index in [0.29, 0.717) is 0 Å². The zero-order chi connectivity index (χ0) is 17.6. The Morgan fingerprint density at radius 1 is 1.19 bits per heavy atom. The van der Waals surface area contributed by atoms with Crippen molar-refractivity contribution in [3.05, 3.63) is 54.0 Å². The molecule has 1 saturated carbocycles. The number of fused-ring (bicyclic) bond motifs is 1. The molecule has 2 aromatic heterocycles. The van der Waals surface area contributed by atoms with E-state index in [-0.39, 0.29) is 5.54 Å². The molecular formula is C20H20N6. The van der Waals surface area contributed by atoms with Crippen LogP contribution in [0.15, 0.2) is 42.9 Å². The molecule has 2 fully saturated rings. The van der Waals surface area contributed by atoms with Gasteiger partial charge in [0, 0.05) is 37.9 Å². The highest BCUT2D eigenvalue weighted by atomic mass is 15.4. The molecule has 3 heterocycles. The van der Waals surface area contributed by atoms with E-state index in [9.17, 15) is 0 Å². The predicted octanol–water partition coefficient (Wildman–Crippen LogP) is 2.68. The molecule has 0 radical (unpaired) electrons. The summed E-state index contributed by atoms with van der Waals surface area (Å²) in [5.74, 6) is 1.04. The maximum Gasteiger partial charge on any atom is 0.142 e. The predicted molar refractivity (Wildman–Crippen MR) is 99.6 cm³/mol. The summed E-state index contributed by atoms with van der Waals surface area (Å²) >= 11 is 0. The van der Waals surface area contributed by atoms with E-state index in [1.807, 2.05) is 24.4 Å². The first-order valence-electron chi connectivity index (χ1n) is 9.05. The SMILES string of the molecule is N#Cc1cccc(CN2CCN(c3ncnc4[nH]ccc34)CC23CC3)c1. The maximum atomic E-state index is 9.13. The number of nitrogens with one attached hydrogen (secondary N) is 1. The first-order valence-corrected chi connectivity index (χ1v) is 9.05. The lowest BCUT2D eigenvalue weighted by molar-refractivity contribution is 0.149. The van der Waals surface area contributed by atoms with Crippen molar-refractivity contribution >= 4 is 16.9 Å². The Morgan fingerprint density at radius 2 is 2.12 bits per heavy atom. The van der Waals surface area contributed by atoms with Gasteiger partial charge in [-0.3, -0.25) is 4.90 Å². The standard InChI is InChI=1S/C20H20N6/c21-11-15-2-1-3-16(10-15)12-26-9-8-25(13-20(26)5-6-20)19-17-4-7-22-18(17)23-14-24-19/h1-4,7,10,14H,5-6,8-9,12-13H2,(H,22,23,24). The lowest BCUT2D eigenvalue weighted by Gasteiger charge is -2.43. The maximum absolute atomic E-state index is 9.13. The van der Waals surface area contributed by atoms with Crippen molar-refractivity contribution in [1.29, 1.82) is 5.26 Å². The third kappa shape index (κ3) is 2.52. The van der Waals surface area contributed by atoms with Gasteiger partial charge in [0.15, 0.2) is 0 Å². The number of aromatic nitrogens is 3. The molecule has 26 heavy (non-hydrogen) atoms. The number of aromatic amines is 1. The average molecular weight is 344 g/mol. The number of anilines is 1. The van der Waals surface area contributed by atoms with Gasteiger partial charge in [-0.1, -0.05) is 12.1 Å². The van der Waals surface area contributed by atoms with Gasteiger partial charge in [-0.05, 0) is 36.6 Å². The fourth-order valence-corrected chi connectivity index (χ4v) is 4.13. The van der Waals surface area contributed by atoms with Crippen LogP contribution < -0.4 is 4.90 Å². The molecular weight excluding hydrogens is 324 g/mol. The zero-order valence-corrected chi connectivity index (χ0v) is 14.5. The van der Waals surface area contributed by atoms with Crippen LogP contribution >= 0.6 is 0 Å². The molecule has 1 N–H and O–H groups in total. The first kappa shape index (κ1) is 15.4. The van der Waals surface area contributed by atoms with Crippen molar-refractivity contribution in [2.45, 2.75) is 24.9 Å². The minimum atomic E-state index is 0.245. The van der Waals surface area contributed by atoms with E-state index < -0.39 is 0 Å². The summed E-state index contributed by atoms with van der Waals surface area (Å²) in [6.45, 7) is 3.87. The lowest BCUT2D eigenvalue weighted by Crippen LogP contribution is -2.54. The number of nitrogens with zero attached hydrogens (tertiary/aromatic N) is 5. The van der Waals surface area contributed by atoms with Gasteiger partial charge in [0.2, 0.25) is 0 Å². The zero-order valence-electron chi connectivity index (χ0n) is 14.5. The van der Waals surface area contributed by atoms with Crippen molar-refractivity contribution in [3.8, 4) is 6.07 Å². The van der Waals surface area contributed by atoms with Crippen LogP contribution in [-0.2, 0) is 6.54 Å². The summed E-state index contributed by atoms with van der Waals surface area (Å²) < 4.78 is 0. The van der Waals surface area contributed by atoms with Gasteiger partial charge in [0.25, 0.3) is 0 Å². The second kappa shape index (κ2) is 5.82. The van der Waals surface area contributed by atoms with Crippen LogP contribution in [0.4, 0.5) is 5.82 Å². The molecule has 0 bridgehead atoms. The Kier molecular flexibility index (Phi) is 3.44. The summed E-state index contributed by atoms with van der Waals surface area (Å²) in [5, 5.41) is 10.2. The number of benzene rings is 1. The minimum absolute atomic E-state index is 0.245. The van der Waals surface area contributed by atoms with Crippen molar-refractivity contribution in [2.24, 2.45) is 0 Å². The molecule has 0 atom stereocenters. The van der Waals surface area contributed by atoms with Crippen LogP contribution in [0.3, 0.4) is 0 Å². The number of H-pyrrole nitrogens is 1. The summed E-state index contributed by atoms with van der Waals surface area (Å²) in [4.78, 5) is 17.0. The Morgan fingerprint density at radius 3 is 2.96 bits per heavy atom. The molecule has 1 aliphatic heterocycles. The molecule has 1 spiro atoms. The van der Waals surface area contributed by atoms with Gasteiger partial charge in [0.05, 0.1) is 17.0 Å². The van der Waals surface area contributed by atoms with E-state index in [1.165, 1.54) is 18.4 Å².